The molecule has 0 fully saturated rings. The fraction of sp³-hybridized carbons (Fsp3) is 0.231. The lowest BCUT2D eigenvalue weighted by atomic mass is 10.0. The molecule has 5 nitrogen and oxygen atoms in total. The van der Waals surface area contributed by atoms with Crippen LogP contribution in [0.2, 0.25) is 0 Å². The van der Waals surface area contributed by atoms with Gasteiger partial charge in [-0.2, -0.15) is 0 Å². The first kappa shape index (κ1) is 13.8. The van der Waals surface area contributed by atoms with Crippen LogP contribution in [-0.2, 0) is 9.59 Å². The first-order valence-electron chi connectivity index (χ1n) is 5.40. The number of aliphatic carboxylic acids is 1. The van der Waals surface area contributed by atoms with Crippen molar-refractivity contribution in [3.05, 3.63) is 34.5 Å². The van der Waals surface area contributed by atoms with E-state index < -0.39 is 11.9 Å². The van der Waals surface area contributed by atoms with Gasteiger partial charge < -0.3 is 16.2 Å². The summed E-state index contributed by atoms with van der Waals surface area (Å²) in [6, 6.07) is 3.54. The van der Waals surface area contributed by atoms with E-state index >= 15 is 0 Å². The van der Waals surface area contributed by atoms with Crippen LogP contribution in [0.25, 0.3) is 6.08 Å². The summed E-state index contributed by atoms with van der Waals surface area (Å²) in [5.41, 5.74) is 8.76. The number of nitrogens with one attached hydrogen (secondary N) is 1. The first-order valence-corrected chi connectivity index (χ1v) is 5.40. The number of benzene rings is 1. The molecule has 0 heterocycles. The monoisotopic (exact) mass is 248 g/mol. The number of carbonyl (C=O) groups is 2. The van der Waals surface area contributed by atoms with E-state index in [4.69, 9.17) is 10.8 Å². The van der Waals surface area contributed by atoms with Gasteiger partial charge in [-0.3, -0.25) is 4.79 Å². The largest absolute Gasteiger partial charge is 0.477 e. The highest BCUT2D eigenvalue weighted by atomic mass is 16.4. The average Bonchev–Trinajstić information content (AvgIpc) is 2.24. The van der Waals surface area contributed by atoms with E-state index in [1.54, 1.807) is 12.1 Å². The molecule has 1 aromatic carbocycles. The lowest BCUT2D eigenvalue weighted by Crippen LogP contribution is -2.24. The Morgan fingerprint density at radius 2 is 1.78 bits per heavy atom. The predicted molar refractivity (Wildman–Crippen MR) is 69.8 cm³/mol. The number of hydrogen-bond donors (Lipinski definition) is 3. The summed E-state index contributed by atoms with van der Waals surface area (Å²) in [6.07, 6.45) is 1.41. The molecule has 0 aromatic heterocycles. The number of carbonyl (C=O) groups excluding carboxylic acids is 1. The summed E-state index contributed by atoms with van der Waals surface area (Å²) in [5, 5.41) is 11.2. The van der Waals surface area contributed by atoms with Crippen molar-refractivity contribution in [2.75, 3.05) is 5.73 Å². The standard InChI is InChI=1S/C13H16N2O3/c1-7-4-10(5-8(2)12(7)14)6-11(13(17)18)15-9(3)16/h4-6H,14H2,1-3H3,(H,15,16)(H,17,18)/b11-6-. The first-order chi connectivity index (χ1) is 8.31. The summed E-state index contributed by atoms with van der Waals surface area (Å²) >= 11 is 0. The maximum absolute atomic E-state index is 11.0. The van der Waals surface area contributed by atoms with Gasteiger partial charge in [-0.15, -0.1) is 0 Å². The number of nitrogens with two attached hydrogens (primary N) is 1. The molecule has 4 N–H and O–H groups in total. The number of carboxylic acids is 1. The summed E-state index contributed by atoms with van der Waals surface area (Å²) in [5.74, 6) is -1.61. The topological polar surface area (TPSA) is 92.4 Å². The second-order valence-electron chi connectivity index (χ2n) is 4.11. The zero-order valence-corrected chi connectivity index (χ0v) is 10.6. The van der Waals surface area contributed by atoms with Crippen LogP contribution >= 0.6 is 0 Å². The molecular formula is C13H16N2O3. The SMILES string of the molecule is CC(=O)N/C(=C\c1cc(C)c(N)c(C)c1)C(=O)O. The molecule has 96 valence electrons. The van der Waals surface area contributed by atoms with Crippen molar-refractivity contribution < 1.29 is 14.7 Å². The zero-order valence-electron chi connectivity index (χ0n) is 10.6. The Morgan fingerprint density at radius 1 is 1.28 bits per heavy atom. The van der Waals surface area contributed by atoms with Crippen LogP contribution in [0.1, 0.15) is 23.6 Å². The van der Waals surface area contributed by atoms with Gasteiger partial charge in [0, 0.05) is 12.6 Å². The van der Waals surface area contributed by atoms with E-state index in [9.17, 15) is 9.59 Å². The third-order valence-electron chi connectivity index (χ3n) is 2.47. The second-order valence-corrected chi connectivity index (χ2v) is 4.11. The Labute approximate surface area is 105 Å². The molecule has 0 radical (unpaired) electrons. The molecule has 1 aromatic rings. The summed E-state index contributed by atoms with van der Waals surface area (Å²) in [7, 11) is 0. The lowest BCUT2D eigenvalue weighted by molar-refractivity contribution is -0.134. The minimum atomic E-state index is -1.18. The maximum Gasteiger partial charge on any atom is 0.352 e. The maximum atomic E-state index is 11.0. The lowest BCUT2D eigenvalue weighted by Gasteiger charge is -2.08. The minimum Gasteiger partial charge on any atom is -0.477 e. The van der Waals surface area contributed by atoms with Gasteiger partial charge in [-0.05, 0) is 48.7 Å². The fourth-order valence-electron chi connectivity index (χ4n) is 1.60. The number of anilines is 1. The van der Waals surface area contributed by atoms with Gasteiger partial charge in [0.2, 0.25) is 5.91 Å². The molecule has 1 amide bonds. The summed E-state index contributed by atoms with van der Waals surface area (Å²) < 4.78 is 0. The van der Waals surface area contributed by atoms with E-state index in [2.05, 4.69) is 5.32 Å². The Morgan fingerprint density at radius 3 is 2.17 bits per heavy atom. The number of nitrogen functional groups attached to an aromatic ring is 1. The van der Waals surface area contributed by atoms with Crippen molar-refractivity contribution >= 4 is 23.6 Å². The molecule has 0 aliphatic heterocycles. The Bertz CT molecular complexity index is 510. The molecule has 18 heavy (non-hydrogen) atoms. The van der Waals surface area contributed by atoms with Crippen molar-refractivity contribution in [1.82, 2.24) is 5.32 Å². The molecule has 0 saturated carbocycles. The third-order valence-corrected chi connectivity index (χ3v) is 2.47. The molecule has 0 unspecified atom stereocenters. The number of carboxylic acid groups (broad SMARTS) is 1. The second kappa shape index (κ2) is 5.35. The van der Waals surface area contributed by atoms with Gasteiger partial charge >= 0.3 is 5.97 Å². The Hall–Kier alpha value is -2.30. The van der Waals surface area contributed by atoms with Crippen molar-refractivity contribution in [3.8, 4) is 0 Å². The minimum absolute atomic E-state index is 0.161. The van der Waals surface area contributed by atoms with Gasteiger partial charge in [0.05, 0.1) is 0 Å². The van der Waals surface area contributed by atoms with Crippen LogP contribution in [0.4, 0.5) is 5.69 Å². The number of aryl methyl sites for hydroxylation is 2. The molecular weight excluding hydrogens is 232 g/mol. The number of amides is 1. The average molecular weight is 248 g/mol. The molecule has 0 aliphatic carbocycles. The molecule has 1 rings (SSSR count). The molecule has 0 bridgehead atoms. The van der Waals surface area contributed by atoms with E-state index in [1.807, 2.05) is 13.8 Å². The highest BCUT2D eigenvalue weighted by Gasteiger charge is 2.09. The molecule has 0 atom stereocenters. The van der Waals surface area contributed by atoms with Crippen LogP contribution in [-0.4, -0.2) is 17.0 Å². The highest BCUT2D eigenvalue weighted by Crippen LogP contribution is 2.20. The van der Waals surface area contributed by atoms with E-state index in [1.165, 1.54) is 13.0 Å². The molecule has 0 aliphatic rings. The van der Waals surface area contributed by atoms with Crippen molar-refractivity contribution in [3.63, 3.8) is 0 Å². The third kappa shape index (κ3) is 3.35. The molecule has 0 saturated heterocycles. The Kier molecular flexibility index (Phi) is 4.09. The Balaban J connectivity index is 3.20. The van der Waals surface area contributed by atoms with E-state index in [0.29, 0.717) is 11.3 Å². The van der Waals surface area contributed by atoms with Crippen LogP contribution in [0.5, 0.6) is 0 Å². The van der Waals surface area contributed by atoms with E-state index in [-0.39, 0.29) is 5.70 Å². The highest BCUT2D eigenvalue weighted by molar-refractivity contribution is 5.96. The predicted octanol–water partition coefficient (Wildman–Crippen LogP) is 1.45. The number of hydrogen-bond acceptors (Lipinski definition) is 3. The van der Waals surface area contributed by atoms with Crippen molar-refractivity contribution in [2.45, 2.75) is 20.8 Å². The quantitative estimate of drug-likeness (QED) is 0.557. The fourth-order valence-corrected chi connectivity index (χ4v) is 1.60. The van der Waals surface area contributed by atoms with Crippen molar-refractivity contribution in [2.24, 2.45) is 0 Å². The van der Waals surface area contributed by atoms with Crippen LogP contribution in [0, 0.1) is 13.8 Å². The molecule has 0 spiro atoms. The van der Waals surface area contributed by atoms with Crippen molar-refractivity contribution in [1.29, 1.82) is 0 Å². The van der Waals surface area contributed by atoms with Crippen LogP contribution in [0.15, 0.2) is 17.8 Å². The summed E-state index contributed by atoms with van der Waals surface area (Å²) in [4.78, 5) is 21.9. The van der Waals surface area contributed by atoms with Crippen LogP contribution < -0.4 is 11.1 Å². The zero-order chi connectivity index (χ0) is 13.9. The van der Waals surface area contributed by atoms with Gasteiger partial charge in [0.15, 0.2) is 0 Å². The van der Waals surface area contributed by atoms with Crippen LogP contribution in [0.3, 0.4) is 0 Å². The normalized spacial score (nSPS) is 11.2. The smallest absolute Gasteiger partial charge is 0.352 e. The summed E-state index contributed by atoms with van der Waals surface area (Å²) in [6.45, 7) is 4.95. The van der Waals surface area contributed by atoms with Gasteiger partial charge in [0.25, 0.3) is 0 Å². The van der Waals surface area contributed by atoms with E-state index in [0.717, 1.165) is 11.1 Å². The molecule has 5 heteroatoms. The van der Waals surface area contributed by atoms with Gasteiger partial charge in [-0.1, -0.05) is 0 Å². The van der Waals surface area contributed by atoms with Gasteiger partial charge in [-0.25, -0.2) is 4.79 Å². The number of rotatable bonds is 3. The van der Waals surface area contributed by atoms with Gasteiger partial charge in [0.1, 0.15) is 5.70 Å².